The molecule has 2 unspecified atom stereocenters. The van der Waals surface area contributed by atoms with Gasteiger partial charge < -0.3 is 10.4 Å². The number of likely N-dealkylation sites (tertiary alicyclic amines) is 1. The van der Waals surface area contributed by atoms with Gasteiger partial charge in [-0.3, -0.25) is 9.69 Å². The van der Waals surface area contributed by atoms with Crippen LogP contribution in [0, 0.1) is 11.8 Å². The van der Waals surface area contributed by atoms with Crippen LogP contribution < -0.4 is 5.32 Å². The Kier molecular flexibility index (Phi) is 4.61. The van der Waals surface area contributed by atoms with Gasteiger partial charge in [0.2, 0.25) is 0 Å². The molecule has 0 spiro atoms. The summed E-state index contributed by atoms with van der Waals surface area (Å²) < 4.78 is 0. The summed E-state index contributed by atoms with van der Waals surface area (Å²) in [6.45, 7) is 3.27. The van der Waals surface area contributed by atoms with E-state index in [1.165, 1.54) is 38.5 Å². The summed E-state index contributed by atoms with van der Waals surface area (Å²) >= 11 is 0. The number of hydrogen-bond donors (Lipinski definition) is 2. The normalized spacial score (nSPS) is 32.6. The number of nitrogens with one attached hydrogen (secondary N) is 1. The molecule has 114 valence electrons. The topological polar surface area (TPSA) is 52.6 Å². The van der Waals surface area contributed by atoms with Crippen molar-refractivity contribution < 1.29 is 9.90 Å². The molecule has 2 N–H and O–H groups in total. The van der Waals surface area contributed by atoms with Gasteiger partial charge in [-0.25, -0.2) is 0 Å². The van der Waals surface area contributed by atoms with E-state index in [0.29, 0.717) is 18.4 Å². The number of nitrogens with zero attached hydrogens (tertiary/aromatic N) is 1. The molecule has 20 heavy (non-hydrogen) atoms. The molecule has 0 radical (unpaired) electrons. The molecule has 1 aliphatic heterocycles. The SMILES string of the molecule is O=C(O)CC1CC(NCC2CC2)CN(C2CCCC2)C1. The zero-order chi connectivity index (χ0) is 13.9. The minimum atomic E-state index is -0.635. The first-order valence-corrected chi connectivity index (χ1v) is 8.40. The maximum atomic E-state index is 11.0. The van der Waals surface area contributed by atoms with E-state index >= 15 is 0 Å². The second-order valence-corrected chi connectivity index (χ2v) is 7.14. The molecule has 4 nitrogen and oxygen atoms in total. The molecular formula is C16H28N2O2. The lowest BCUT2D eigenvalue weighted by molar-refractivity contribution is -0.138. The van der Waals surface area contributed by atoms with Crippen molar-refractivity contribution in [3.05, 3.63) is 0 Å². The Balaban J connectivity index is 1.56. The van der Waals surface area contributed by atoms with Gasteiger partial charge >= 0.3 is 5.97 Å². The largest absolute Gasteiger partial charge is 0.481 e. The summed E-state index contributed by atoms with van der Waals surface area (Å²) in [5.74, 6) is 0.595. The van der Waals surface area contributed by atoms with Crippen molar-refractivity contribution in [3.8, 4) is 0 Å². The molecule has 0 aromatic carbocycles. The third kappa shape index (κ3) is 3.95. The summed E-state index contributed by atoms with van der Waals surface area (Å²) in [6, 6.07) is 1.23. The van der Waals surface area contributed by atoms with E-state index in [1.54, 1.807) is 0 Å². The lowest BCUT2D eigenvalue weighted by atomic mass is 9.90. The van der Waals surface area contributed by atoms with Crippen LogP contribution in [0.25, 0.3) is 0 Å². The number of aliphatic carboxylic acids is 1. The van der Waals surface area contributed by atoms with Crippen LogP contribution >= 0.6 is 0 Å². The monoisotopic (exact) mass is 280 g/mol. The maximum absolute atomic E-state index is 11.0. The van der Waals surface area contributed by atoms with Crippen molar-refractivity contribution >= 4 is 5.97 Å². The first-order valence-electron chi connectivity index (χ1n) is 8.40. The van der Waals surface area contributed by atoms with Gasteiger partial charge in [0.15, 0.2) is 0 Å². The quantitative estimate of drug-likeness (QED) is 0.782. The van der Waals surface area contributed by atoms with E-state index in [2.05, 4.69) is 10.2 Å². The molecule has 2 atom stereocenters. The van der Waals surface area contributed by atoms with E-state index in [9.17, 15) is 4.79 Å². The molecule has 0 amide bonds. The van der Waals surface area contributed by atoms with Crippen molar-refractivity contribution in [3.63, 3.8) is 0 Å². The van der Waals surface area contributed by atoms with Crippen LogP contribution in [0.2, 0.25) is 0 Å². The minimum absolute atomic E-state index is 0.332. The second kappa shape index (κ2) is 6.44. The van der Waals surface area contributed by atoms with E-state index in [0.717, 1.165) is 38.0 Å². The number of piperidine rings is 1. The van der Waals surface area contributed by atoms with Gasteiger partial charge in [-0.2, -0.15) is 0 Å². The van der Waals surface area contributed by atoms with Gasteiger partial charge in [0.1, 0.15) is 0 Å². The first-order chi connectivity index (χ1) is 9.70. The average molecular weight is 280 g/mol. The molecule has 1 saturated heterocycles. The molecular weight excluding hydrogens is 252 g/mol. The van der Waals surface area contributed by atoms with E-state index < -0.39 is 5.97 Å². The summed E-state index contributed by atoms with van der Waals surface area (Å²) in [6.07, 6.45) is 9.47. The highest BCUT2D eigenvalue weighted by atomic mass is 16.4. The van der Waals surface area contributed by atoms with Crippen LogP contribution in [-0.2, 0) is 4.79 Å². The lowest BCUT2D eigenvalue weighted by Gasteiger charge is -2.41. The predicted molar refractivity (Wildman–Crippen MR) is 78.7 cm³/mol. The molecule has 1 heterocycles. The van der Waals surface area contributed by atoms with E-state index in [-0.39, 0.29) is 0 Å². The maximum Gasteiger partial charge on any atom is 0.303 e. The fraction of sp³-hybridized carbons (Fsp3) is 0.938. The van der Waals surface area contributed by atoms with Gasteiger partial charge in [0, 0.05) is 31.6 Å². The van der Waals surface area contributed by atoms with Gasteiger partial charge in [0.05, 0.1) is 0 Å². The third-order valence-corrected chi connectivity index (χ3v) is 5.26. The van der Waals surface area contributed by atoms with Crippen LogP contribution in [0.4, 0.5) is 0 Å². The predicted octanol–water partition coefficient (Wildman–Crippen LogP) is 2.09. The van der Waals surface area contributed by atoms with Crippen LogP contribution in [0.15, 0.2) is 0 Å². The number of rotatable bonds is 6. The first kappa shape index (κ1) is 14.3. The van der Waals surface area contributed by atoms with Crippen LogP contribution in [-0.4, -0.2) is 47.7 Å². The molecule has 0 aromatic heterocycles. The molecule has 0 bridgehead atoms. The van der Waals surface area contributed by atoms with E-state index in [4.69, 9.17) is 5.11 Å². The number of carboxylic acids is 1. The van der Waals surface area contributed by atoms with Crippen molar-refractivity contribution in [2.45, 2.75) is 63.5 Å². The highest BCUT2D eigenvalue weighted by Gasteiger charge is 2.34. The average Bonchev–Trinajstić information content (AvgIpc) is 3.07. The Morgan fingerprint density at radius 1 is 1.10 bits per heavy atom. The standard InChI is InChI=1S/C16H28N2O2/c19-16(20)8-13-7-14(17-9-12-5-6-12)11-18(10-13)15-3-1-2-4-15/h12-15,17H,1-11H2,(H,19,20). The van der Waals surface area contributed by atoms with Crippen LogP contribution in [0.3, 0.4) is 0 Å². The van der Waals surface area contributed by atoms with Crippen molar-refractivity contribution in [2.75, 3.05) is 19.6 Å². The fourth-order valence-electron chi connectivity index (χ4n) is 4.01. The zero-order valence-corrected chi connectivity index (χ0v) is 12.4. The highest BCUT2D eigenvalue weighted by Crippen LogP contribution is 2.31. The van der Waals surface area contributed by atoms with Crippen LogP contribution in [0.5, 0.6) is 0 Å². The minimum Gasteiger partial charge on any atom is -0.481 e. The van der Waals surface area contributed by atoms with Gasteiger partial charge in [-0.05, 0) is 50.5 Å². The van der Waals surface area contributed by atoms with Crippen molar-refractivity contribution in [1.29, 1.82) is 0 Å². The molecule has 3 fully saturated rings. The van der Waals surface area contributed by atoms with Gasteiger partial charge in [-0.15, -0.1) is 0 Å². The van der Waals surface area contributed by atoms with Crippen molar-refractivity contribution in [2.24, 2.45) is 11.8 Å². The molecule has 0 aromatic rings. The van der Waals surface area contributed by atoms with E-state index in [1.807, 2.05) is 0 Å². The molecule has 2 saturated carbocycles. The Bertz CT molecular complexity index is 337. The molecule has 4 heteroatoms. The smallest absolute Gasteiger partial charge is 0.303 e. The summed E-state index contributed by atoms with van der Waals surface area (Å²) in [7, 11) is 0. The van der Waals surface area contributed by atoms with Gasteiger partial charge in [-0.1, -0.05) is 12.8 Å². The fourth-order valence-corrected chi connectivity index (χ4v) is 4.01. The summed E-state index contributed by atoms with van der Waals surface area (Å²) in [4.78, 5) is 13.6. The summed E-state index contributed by atoms with van der Waals surface area (Å²) in [5, 5.41) is 12.8. The molecule has 3 rings (SSSR count). The molecule has 3 aliphatic rings. The Labute approximate surface area is 121 Å². The third-order valence-electron chi connectivity index (χ3n) is 5.26. The second-order valence-electron chi connectivity index (χ2n) is 7.14. The Morgan fingerprint density at radius 2 is 1.85 bits per heavy atom. The Hall–Kier alpha value is -0.610. The van der Waals surface area contributed by atoms with Crippen molar-refractivity contribution in [1.82, 2.24) is 10.2 Å². The molecule has 2 aliphatic carbocycles. The lowest BCUT2D eigenvalue weighted by Crippen LogP contribution is -2.52. The summed E-state index contributed by atoms with van der Waals surface area (Å²) in [5.41, 5.74) is 0. The van der Waals surface area contributed by atoms with Crippen LogP contribution in [0.1, 0.15) is 51.4 Å². The number of carboxylic acid groups (broad SMARTS) is 1. The highest BCUT2D eigenvalue weighted by molar-refractivity contribution is 5.67. The number of hydrogen-bond acceptors (Lipinski definition) is 3. The van der Waals surface area contributed by atoms with Gasteiger partial charge in [0.25, 0.3) is 0 Å². The number of carbonyl (C=O) groups is 1. The zero-order valence-electron chi connectivity index (χ0n) is 12.4. The Morgan fingerprint density at radius 3 is 2.50 bits per heavy atom.